The molecule has 1 aromatic carbocycles. The molecule has 0 fully saturated rings. The molecule has 1 amide bonds. The summed E-state index contributed by atoms with van der Waals surface area (Å²) in [5.41, 5.74) is 0.644. The molecule has 0 aliphatic carbocycles. The summed E-state index contributed by atoms with van der Waals surface area (Å²) in [5.74, 6) is -0.740. The smallest absolute Gasteiger partial charge is 0.252 e. The molecule has 2 aromatic rings. The van der Waals surface area contributed by atoms with Gasteiger partial charge in [-0.1, -0.05) is 23.7 Å². The zero-order valence-corrected chi connectivity index (χ0v) is 16.2. The van der Waals surface area contributed by atoms with Crippen molar-refractivity contribution in [3.05, 3.63) is 52.1 Å². The fraction of sp³-hybridized carbons (Fsp3) is 0.312. The fourth-order valence-corrected chi connectivity index (χ4v) is 5.01. The molecule has 0 N–H and O–H groups in total. The summed E-state index contributed by atoms with van der Waals surface area (Å²) in [4.78, 5) is 13.9. The predicted molar refractivity (Wildman–Crippen MR) is 96.6 cm³/mol. The number of carbonyl (C=O) groups excluding carboxylic acids is 1. The normalized spacial score (nSPS) is 11.7. The minimum Gasteiger partial charge on any atom is -0.338 e. The number of carbonyl (C=O) groups is 1. The van der Waals surface area contributed by atoms with Crippen LogP contribution in [0.5, 0.6) is 0 Å². The van der Waals surface area contributed by atoms with Crippen LogP contribution in [-0.4, -0.2) is 43.7 Å². The highest BCUT2D eigenvalue weighted by Crippen LogP contribution is 2.27. The van der Waals surface area contributed by atoms with Crippen molar-refractivity contribution in [1.82, 2.24) is 9.21 Å². The molecule has 0 unspecified atom stereocenters. The van der Waals surface area contributed by atoms with E-state index in [0.717, 1.165) is 15.6 Å². The Morgan fingerprint density at radius 1 is 1.28 bits per heavy atom. The minimum absolute atomic E-state index is 0.0842. The number of nitrogens with zero attached hydrogens (tertiary/aromatic N) is 2. The minimum atomic E-state index is -3.77. The molecule has 0 spiro atoms. The highest BCUT2D eigenvalue weighted by Gasteiger charge is 2.26. The second-order valence-corrected chi connectivity index (χ2v) is 9.34. The lowest BCUT2D eigenvalue weighted by Crippen LogP contribution is -2.40. The molecule has 0 saturated carbocycles. The maximum Gasteiger partial charge on any atom is 0.252 e. The monoisotopic (exact) mass is 404 g/mol. The summed E-state index contributed by atoms with van der Waals surface area (Å²) in [5, 5.41) is 0. The molecule has 25 heavy (non-hydrogen) atoms. The zero-order chi connectivity index (χ0) is 18.6. The van der Waals surface area contributed by atoms with Gasteiger partial charge < -0.3 is 4.90 Å². The molecule has 0 aliphatic rings. The summed E-state index contributed by atoms with van der Waals surface area (Å²) in [6, 6.07) is 8.87. The molecule has 0 radical (unpaired) electrons. The van der Waals surface area contributed by atoms with E-state index in [-0.39, 0.29) is 29.0 Å². The van der Waals surface area contributed by atoms with Gasteiger partial charge >= 0.3 is 0 Å². The number of rotatable bonds is 7. The number of hydrogen-bond acceptors (Lipinski definition) is 4. The lowest BCUT2D eigenvalue weighted by Gasteiger charge is -2.24. The van der Waals surface area contributed by atoms with E-state index >= 15 is 0 Å². The lowest BCUT2D eigenvalue weighted by molar-refractivity contribution is -0.131. The summed E-state index contributed by atoms with van der Waals surface area (Å²) in [7, 11) is -2.43. The first kappa shape index (κ1) is 19.8. The SMILES string of the molecule is CCN(Cc1cccc(F)c1)C(=O)CN(C)S(=O)(=O)c1ccc(Cl)s1. The molecule has 0 atom stereocenters. The zero-order valence-electron chi connectivity index (χ0n) is 13.8. The Bertz CT molecular complexity index is 855. The number of hydrogen-bond donors (Lipinski definition) is 0. The van der Waals surface area contributed by atoms with Gasteiger partial charge in [0, 0.05) is 20.1 Å². The molecule has 0 bridgehead atoms. The third-order valence-electron chi connectivity index (χ3n) is 3.57. The molecule has 1 aromatic heterocycles. The van der Waals surface area contributed by atoms with Gasteiger partial charge in [-0.05, 0) is 36.8 Å². The van der Waals surface area contributed by atoms with Crippen molar-refractivity contribution in [3.63, 3.8) is 0 Å². The first-order chi connectivity index (χ1) is 11.7. The van der Waals surface area contributed by atoms with E-state index in [9.17, 15) is 17.6 Å². The molecule has 2 rings (SSSR count). The van der Waals surface area contributed by atoms with E-state index in [4.69, 9.17) is 11.6 Å². The standard InChI is InChI=1S/C16H18ClFN2O3S2/c1-3-20(10-12-5-4-6-13(18)9-12)15(21)11-19(2)25(22,23)16-8-7-14(17)24-16/h4-9H,3,10-11H2,1-2H3. The van der Waals surface area contributed by atoms with E-state index in [1.54, 1.807) is 19.1 Å². The van der Waals surface area contributed by atoms with Gasteiger partial charge in [-0.15, -0.1) is 11.3 Å². The number of sulfonamides is 1. The van der Waals surface area contributed by atoms with Gasteiger partial charge in [-0.25, -0.2) is 12.8 Å². The Morgan fingerprint density at radius 2 is 2.00 bits per heavy atom. The van der Waals surface area contributed by atoms with E-state index in [1.807, 2.05) is 0 Å². The van der Waals surface area contributed by atoms with Gasteiger partial charge in [0.2, 0.25) is 5.91 Å². The van der Waals surface area contributed by atoms with Crippen molar-refractivity contribution in [2.75, 3.05) is 20.1 Å². The van der Waals surface area contributed by atoms with E-state index in [1.165, 1.54) is 36.2 Å². The topological polar surface area (TPSA) is 57.7 Å². The number of halogens is 2. The Kier molecular flexibility index (Phi) is 6.56. The largest absolute Gasteiger partial charge is 0.338 e. The molecule has 1 heterocycles. The van der Waals surface area contributed by atoms with Crippen molar-refractivity contribution in [2.24, 2.45) is 0 Å². The number of benzene rings is 1. The van der Waals surface area contributed by atoms with Crippen LogP contribution >= 0.6 is 22.9 Å². The molecule has 0 saturated heterocycles. The van der Waals surface area contributed by atoms with Crippen LogP contribution in [-0.2, 0) is 21.4 Å². The van der Waals surface area contributed by atoms with Crippen molar-refractivity contribution < 1.29 is 17.6 Å². The van der Waals surface area contributed by atoms with Crippen molar-refractivity contribution >= 4 is 38.9 Å². The first-order valence-electron chi connectivity index (χ1n) is 7.48. The van der Waals surface area contributed by atoms with E-state index in [0.29, 0.717) is 16.4 Å². The maximum atomic E-state index is 13.3. The van der Waals surface area contributed by atoms with Crippen LogP contribution in [0.25, 0.3) is 0 Å². The maximum absolute atomic E-state index is 13.3. The molecule has 0 aliphatic heterocycles. The molecular weight excluding hydrogens is 387 g/mol. The third kappa shape index (κ3) is 5.01. The Morgan fingerprint density at radius 3 is 2.56 bits per heavy atom. The van der Waals surface area contributed by atoms with Crippen LogP contribution in [0.15, 0.2) is 40.6 Å². The van der Waals surface area contributed by atoms with Crippen LogP contribution in [0.3, 0.4) is 0 Å². The van der Waals surface area contributed by atoms with Gasteiger partial charge in [-0.3, -0.25) is 4.79 Å². The molecular formula is C16H18ClFN2O3S2. The van der Waals surface area contributed by atoms with Crippen molar-refractivity contribution in [1.29, 1.82) is 0 Å². The van der Waals surface area contributed by atoms with Crippen LogP contribution in [0.1, 0.15) is 12.5 Å². The Hall–Kier alpha value is -1.48. The highest BCUT2D eigenvalue weighted by atomic mass is 35.5. The summed E-state index contributed by atoms with van der Waals surface area (Å²) in [6.07, 6.45) is 0. The Balaban J connectivity index is 2.08. The van der Waals surface area contributed by atoms with Crippen LogP contribution in [0.4, 0.5) is 4.39 Å². The summed E-state index contributed by atoms with van der Waals surface area (Å²) < 4.78 is 39.6. The average molecular weight is 405 g/mol. The van der Waals surface area contributed by atoms with Gasteiger partial charge in [0.05, 0.1) is 10.9 Å². The second-order valence-electron chi connectivity index (χ2n) is 5.36. The van der Waals surface area contributed by atoms with Crippen LogP contribution < -0.4 is 0 Å². The van der Waals surface area contributed by atoms with Gasteiger partial charge in [0.15, 0.2) is 0 Å². The van der Waals surface area contributed by atoms with E-state index in [2.05, 4.69) is 0 Å². The lowest BCUT2D eigenvalue weighted by atomic mass is 10.2. The van der Waals surface area contributed by atoms with Crippen LogP contribution in [0, 0.1) is 5.82 Å². The molecule has 9 heteroatoms. The second kappa shape index (κ2) is 8.27. The van der Waals surface area contributed by atoms with Gasteiger partial charge in [0.1, 0.15) is 10.0 Å². The van der Waals surface area contributed by atoms with E-state index < -0.39 is 10.0 Å². The average Bonchev–Trinajstić information content (AvgIpc) is 2.99. The predicted octanol–water partition coefficient (Wildman–Crippen LogP) is 3.21. The van der Waals surface area contributed by atoms with Gasteiger partial charge in [-0.2, -0.15) is 4.31 Å². The number of thiophene rings is 1. The van der Waals surface area contributed by atoms with Crippen molar-refractivity contribution in [3.8, 4) is 0 Å². The first-order valence-corrected chi connectivity index (χ1v) is 10.1. The molecule has 136 valence electrons. The Labute approximate surface area is 155 Å². The number of amides is 1. The number of likely N-dealkylation sites (N-methyl/N-ethyl adjacent to an activating group) is 2. The van der Waals surface area contributed by atoms with Gasteiger partial charge in [0.25, 0.3) is 10.0 Å². The molecule has 5 nitrogen and oxygen atoms in total. The fourth-order valence-electron chi connectivity index (χ4n) is 2.20. The quantitative estimate of drug-likeness (QED) is 0.712. The highest BCUT2D eigenvalue weighted by molar-refractivity contribution is 7.91. The third-order valence-corrected chi connectivity index (χ3v) is 7.07. The van der Waals surface area contributed by atoms with Crippen molar-refractivity contribution in [2.45, 2.75) is 17.7 Å². The summed E-state index contributed by atoms with van der Waals surface area (Å²) in [6.45, 7) is 2.08. The summed E-state index contributed by atoms with van der Waals surface area (Å²) >= 11 is 6.72. The van der Waals surface area contributed by atoms with Crippen LogP contribution in [0.2, 0.25) is 4.34 Å².